The van der Waals surface area contributed by atoms with Crippen LogP contribution in [0, 0.1) is 0 Å². The summed E-state index contributed by atoms with van der Waals surface area (Å²) in [4.78, 5) is 16.4. The van der Waals surface area contributed by atoms with Gasteiger partial charge in [0, 0.05) is 25.3 Å². The van der Waals surface area contributed by atoms with Crippen LogP contribution in [0.2, 0.25) is 10.0 Å². The van der Waals surface area contributed by atoms with E-state index >= 15 is 0 Å². The van der Waals surface area contributed by atoms with Crippen molar-refractivity contribution in [2.75, 3.05) is 27.1 Å². The molecule has 1 N–H and O–H groups in total. The van der Waals surface area contributed by atoms with Gasteiger partial charge in [0.2, 0.25) is 0 Å². The molecule has 0 saturated heterocycles. The van der Waals surface area contributed by atoms with Crippen LogP contribution in [0.15, 0.2) is 78.4 Å². The van der Waals surface area contributed by atoms with Gasteiger partial charge >= 0.3 is 0 Å². The summed E-state index contributed by atoms with van der Waals surface area (Å²) in [5, 5.41) is 4.52. The van der Waals surface area contributed by atoms with Gasteiger partial charge in [0.15, 0.2) is 0 Å². The Morgan fingerprint density at radius 2 is 1.71 bits per heavy atom. The SMILES string of the molecule is COCOC[C@H]1NCCC(c2cccc(-c3ccccc3)c2)=C1C(=O)N(Cc1cccc(Cl)c1Cl)C1CC1. The van der Waals surface area contributed by atoms with Crippen molar-refractivity contribution in [2.45, 2.75) is 37.9 Å². The second-order valence-electron chi connectivity index (χ2n) is 9.75. The molecule has 0 unspecified atom stereocenters. The molecule has 0 spiro atoms. The lowest BCUT2D eigenvalue weighted by atomic mass is 9.87. The van der Waals surface area contributed by atoms with Crippen LogP contribution < -0.4 is 5.32 Å². The van der Waals surface area contributed by atoms with Gasteiger partial charge in [-0.3, -0.25) is 4.79 Å². The highest BCUT2D eigenvalue weighted by atomic mass is 35.5. The van der Waals surface area contributed by atoms with Gasteiger partial charge in [0.25, 0.3) is 5.91 Å². The fraction of sp³-hybridized carbons (Fsp3) is 0.323. The van der Waals surface area contributed by atoms with Gasteiger partial charge < -0.3 is 19.7 Å². The van der Waals surface area contributed by atoms with Crippen molar-refractivity contribution in [1.82, 2.24) is 10.2 Å². The van der Waals surface area contributed by atoms with Crippen LogP contribution in [0.3, 0.4) is 0 Å². The molecule has 0 bridgehead atoms. The second kappa shape index (κ2) is 12.5. The maximum absolute atomic E-state index is 14.4. The monoisotopic (exact) mass is 550 g/mol. The second-order valence-corrected chi connectivity index (χ2v) is 10.5. The largest absolute Gasteiger partial charge is 0.359 e. The summed E-state index contributed by atoms with van der Waals surface area (Å²) in [7, 11) is 1.60. The molecule has 3 aromatic rings. The smallest absolute Gasteiger partial charge is 0.252 e. The van der Waals surface area contributed by atoms with Crippen molar-refractivity contribution in [2.24, 2.45) is 0 Å². The predicted molar refractivity (Wildman–Crippen MR) is 153 cm³/mol. The first-order valence-corrected chi connectivity index (χ1v) is 13.7. The van der Waals surface area contributed by atoms with Gasteiger partial charge in [-0.25, -0.2) is 0 Å². The number of methoxy groups -OCH3 is 1. The number of rotatable bonds is 10. The van der Waals surface area contributed by atoms with E-state index in [1.807, 2.05) is 35.2 Å². The molecular formula is C31H32Cl2N2O3. The summed E-state index contributed by atoms with van der Waals surface area (Å²) < 4.78 is 10.9. The summed E-state index contributed by atoms with van der Waals surface area (Å²) in [5.41, 5.74) is 5.99. The molecular weight excluding hydrogens is 519 g/mol. The van der Waals surface area contributed by atoms with Crippen LogP contribution in [0.1, 0.15) is 30.4 Å². The number of carbonyl (C=O) groups excluding carboxylic acids is 1. The highest BCUT2D eigenvalue weighted by molar-refractivity contribution is 6.42. The standard InChI is InChI=1S/C31H32Cl2N2O3/c1-37-20-38-19-28-29(31(36)35(25-13-14-25)18-24-11-6-12-27(32)30(24)33)26(15-16-34-28)23-10-5-9-22(17-23)21-7-3-2-4-8-21/h2-12,17,25,28,34H,13-16,18-20H2,1H3/t28-/m1/s1. The van der Waals surface area contributed by atoms with Gasteiger partial charge in [-0.05, 0) is 65.8 Å². The number of halogens is 2. The molecule has 1 aliphatic heterocycles. The van der Waals surface area contributed by atoms with E-state index in [9.17, 15) is 4.79 Å². The van der Waals surface area contributed by atoms with Crippen LogP contribution in [0.25, 0.3) is 16.7 Å². The van der Waals surface area contributed by atoms with Gasteiger partial charge in [-0.1, -0.05) is 83.9 Å². The number of carbonyl (C=O) groups is 1. The third-order valence-electron chi connectivity index (χ3n) is 7.09. The highest BCUT2D eigenvalue weighted by Gasteiger charge is 2.38. The molecule has 1 aliphatic carbocycles. The van der Waals surface area contributed by atoms with Crippen molar-refractivity contribution in [3.05, 3.63) is 99.5 Å². The zero-order chi connectivity index (χ0) is 26.5. The lowest BCUT2D eigenvalue weighted by Gasteiger charge is -2.33. The Kier molecular flexibility index (Phi) is 8.82. The van der Waals surface area contributed by atoms with Crippen molar-refractivity contribution < 1.29 is 14.3 Å². The summed E-state index contributed by atoms with van der Waals surface area (Å²) in [6.45, 7) is 1.68. The van der Waals surface area contributed by atoms with E-state index in [2.05, 4.69) is 41.7 Å². The molecule has 38 heavy (non-hydrogen) atoms. The predicted octanol–water partition coefficient (Wildman–Crippen LogP) is 6.59. The quantitative estimate of drug-likeness (QED) is 0.228. The summed E-state index contributed by atoms with van der Waals surface area (Å²) in [6.07, 6.45) is 2.71. The van der Waals surface area contributed by atoms with E-state index in [1.54, 1.807) is 13.2 Å². The number of nitrogens with zero attached hydrogens (tertiary/aromatic N) is 1. The lowest BCUT2D eigenvalue weighted by Crippen LogP contribution is -2.47. The average molecular weight is 552 g/mol. The fourth-order valence-electron chi connectivity index (χ4n) is 5.07. The van der Waals surface area contributed by atoms with E-state index in [0.717, 1.165) is 59.2 Å². The number of benzene rings is 3. The molecule has 2 aliphatic rings. The first-order valence-electron chi connectivity index (χ1n) is 13.0. The van der Waals surface area contributed by atoms with E-state index in [4.69, 9.17) is 32.7 Å². The highest BCUT2D eigenvalue weighted by Crippen LogP contribution is 2.37. The topological polar surface area (TPSA) is 50.8 Å². The van der Waals surface area contributed by atoms with Crippen LogP contribution in [-0.2, 0) is 20.8 Å². The number of hydrogen-bond donors (Lipinski definition) is 1. The van der Waals surface area contributed by atoms with Gasteiger partial charge in [0.05, 0.1) is 22.7 Å². The van der Waals surface area contributed by atoms with Crippen molar-refractivity contribution in [3.8, 4) is 11.1 Å². The van der Waals surface area contributed by atoms with Crippen LogP contribution in [0.5, 0.6) is 0 Å². The van der Waals surface area contributed by atoms with Crippen molar-refractivity contribution >= 4 is 34.7 Å². The Hall–Kier alpha value is -2.67. The van der Waals surface area contributed by atoms with Gasteiger partial charge in [-0.15, -0.1) is 0 Å². The van der Waals surface area contributed by atoms with Crippen molar-refractivity contribution in [3.63, 3.8) is 0 Å². The Morgan fingerprint density at radius 3 is 2.47 bits per heavy atom. The fourth-order valence-corrected chi connectivity index (χ4v) is 5.45. The van der Waals surface area contributed by atoms with E-state index in [-0.39, 0.29) is 24.8 Å². The van der Waals surface area contributed by atoms with Crippen LogP contribution >= 0.6 is 23.2 Å². The average Bonchev–Trinajstić information content (AvgIpc) is 3.79. The van der Waals surface area contributed by atoms with Gasteiger partial charge in [0.1, 0.15) is 6.79 Å². The molecule has 5 rings (SSSR count). The summed E-state index contributed by atoms with van der Waals surface area (Å²) in [5.74, 6) is 0.0156. The third-order valence-corrected chi connectivity index (χ3v) is 7.95. The third kappa shape index (κ3) is 6.14. The molecule has 3 aromatic carbocycles. The molecule has 0 aromatic heterocycles. The van der Waals surface area contributed by atoms with E-state index < -0.39 is 0 Å². The van der Waals surface area contributed by atoms with E-state index in [0.29, 0.717) is 23.2 Å². The summed E-state index contributed by atoms with van der Waals surface area (Å²) >= 11 is 12.8. The maximum Gasteiger partial charge on any atom is 0.252 e. The minimum Gasteiger partial charge on any atom is -0.359 e. The Balaban J connectivity index is 1.55. The molecule has 1 atom stereocenters. The molecule has 1 fully saturated rings. The number of amides is 1. The summed E-state index contributed by atoms with van der Waals surface area (Å²) in [6, 6.07) is 24.3. The Morgan fingerprint density at radius 1 is 0.974 bits per heavy atom. The van der Waals surface area contributed by atoms with Crippen LogP contribution in [-0.4, -0.2) is 49.9 Å². The molecule has 0 radical (unpaired) electrons. The van der Waals surface area contributed by atoms with Gasteiger partial charge in [-0.2, -0.15) is 0 Å². The molecule has 1 heterocycles. The maximum atomic E-state index is 14.4. The molecule has 1 saturated carbocycles. The number of hydrogen-bond acceptors (Lipinski definition) is 4. The first kappa shape index (κ1) is 26.9. The minimum absolute atomic E-state index is 0.0156. The Labute approximate surface area is 234 Å². The normalized spacial score (nSPS) is 17.5. The first-order chi connectivity index (χ1) is 18.6. The number of nitrogens with one attached hydrogen (secondary N) is 1. The minimum atomic E-state index is -0.252. The molecule has 7 heteroatoms. The molecule has 1 amide bonds. The Bertz CT molecular complexity index is 1310. The molecule has 198 valence electrons. The molecule has 5 nitrogen and oxygen atoms in total. The van der Waals surface area contributed by atoms with E-state index in [1.165, 1.54) is 0 Å². The van der Waals surface area contributed by atoms with Crippen molar-refractivity contribution in [1.29, 1.82) is 0 Å². The zero-order valence-corrected chi connectivity index (χ0v) is 23.0. The number of ether oxygens (including phenoxy) is 2. The lowest BCUT2D eigenvalue weighted by molar-refractivity contribution is -0.129. The van der Waals surface area contributed by atoms with Crippen LogP contribution in [0.4, 0.5) is 0 Å². The zero-order valence-electron chi connectivity index (χ0n) is 21.5.